The molecule has 1 amide bonds. The van der Waals surface area contributed by atoms with Crippen LogP contribution in [0.2, 0.25) is 0 Å². The molecule has 2 aliphatic heterocycles. The van der Waals surface area contributed by atoms with E-state index in [4.69, 9.17) is 10.7 Å². The summed E-state index contributed by atoms with van der Waals surface area (Å²) in [6.07, 6.45) is 3.43. The second kappa shape index (κ2) is 6.53. The van der Waals surface area contributed by atoms with Crippen LogP contribution in [-0.2, 0) is 11.3 Å². The Hall–Kier alpha value is -2.60. The number of hydrogen-bond donors (Lipinski definition) is 3. The Morgan fingerprint density at radius 3 is 2.44 bits per heavy atom. The van der Waals surface area contributed by atoms with Crippen molar-refractivity contribution in [2.45, 2.75) is 52.2 Å². The van der Waals surface area contributed by atoms with E-state index in [9.17, 15) is 9.90 Å². The quantitative estimate of drug-likeness (QED) is 0.740. The number of amides is 1. The van der Waals surface area contributed by atoms with E-state index in [0.29, 0.717) is 18.0 Å². The van der Waals surface area contributed by atoms with Crippen LogP contribution >= 0.6 is 0 Å². The van der Waals surface area contributed by atoms with E-state index >= 15 is 0 Å². The van der Waals surface area contributed by atoms with Crippen LogP contribution in [0.3, 0.4) is 0 Å². The van der Waals surface area contributed by atoms with Gasteiger partial charge >= 0.3 is 0 Å². The fourth-order valence-electron chi connectivity index (χ4n) is 3.60. The number of aryl methyl sites for hydroxylation is 2. The second-order valence-corrected chi connectivity index (χ2v) is 8.03. The molecular weight excluding hydrogens is 340 g/mol. The fraction of sp³-hybridized carbons (Fsp3) is 0.429. The zero-order valence-electron chi connectivity index (χ0n) is 16.6. The topological polar surface area (TPSA) is 91.0 Å². The summed E-state index contributed by atoms with van der Waals surface area (Å²) in [5.74, 6) is 0.207. The van der Waals surface area contributed by atoms with Gasteiger partial charge in [-0.05, 0) is 57.4 Å². The summed E-state index contributed by atoms with van der Waals surface area (Å²) in [5.41, 5.74) is 9.10. The maximum absolute atomic E-state index is 11.9. The number of benzene rings is 1. The molecule has 0 fully saturated rings. The molecule has 0 radical (unpaired) electrons. The molecule has 144 valence electrons. The summed E-state index contributed by atoms with van der Waals surface area (Å²) in [5, 5.41) is 13.5. The van der Waals surface area contributed by atoms with Crippen molar-refractivity contribution >= 4 is 11.7 Å². The lowest BCUT2D eigenvalue weighted by atomic mass is 9.82. The largest absolute Gasteiger partial charge is 0.394 e. The van der Waals surface area contributed by atoms with Crippen molar-refractivity contribution in [3.05, 3.63) is 58.4 Å². The van der Waals surface area contributed by atoms with Gasteiger partial charge < -0.3 is 21.1 Å². The van der Waals surface area contributed by atoms with E-state index in [1.165, 1.54) is 16.7 Å². The first kappa shape index (κ1) is 19.2. The Labute approximate surface area is 160 Å². The summed E-state index contributed by atoms with van der Waals surface area (Å²) in [4.78, 5) is 18.6. The Morgan fingerprint density at radius 2 is 1.89 bits per heavy atom. The van der Waals surface area contributed by atoms with Gasteiger partial charge in [-0.15, -0.1) is 0 Å². The Bertz CT molecular complexity index is 862. The standard InChI is InChI=1S/C21H28N4O2/c1-13-7-6-8-14(2)16(13)10-23-17-9-15(18(22)27)11-25-19(17)24-20(3,4)21(25,5)12-26/h6-9,11,23,26H,10,12H2,1-5H3,(H2,22,27). The zero-order valence-corrected chi connectivity index (χ0v) is 16.6. The lowest BCUT2D eigenvalue weighted by molar-refractivity contribution is -0.114. The van der Waals surface area contributed by atoms with Crippen LogP contribution in [0, 0.1) is 13.8 Å². The van der Waals surface area contributed by atoms with Crippen LogP contribution in [-0.4, -0.2) is 39.4 Å². The number of nitrogens with two attached hydrogens (primary N) is 1. The average molecular weight is 368 g/mol. The summed E-state index contributed by atoms with van der Waals surface area (Å²) in [7, 11) is 0. The molecule has 1 unspecified atom stereocenters. The number of aliphatic imine (C=N–C) groups is 1. The molecule has 1 aromatic carbocycles. The van der Waals surface area contributed by atoms with Gasteiger partial charge in [-0.2, -0.15) is 0 Å². The highest BCUT2D eigenvalue weighted by molar-refractivity contribution is 6.07. The van der Waals surface area contributed by atoms with Crippen LogP contribution in [0.4, 0.5) is 0 Å². The number of nitrogens with one attached hydrogen (secondary N) is 1. The maximum Gasteiger partial charge on any atom is 0.250 e. The minimum atomic E-state index is -0.664. The van der Waals surface area contributed by atoms with E-state index in [1.807, 2.05) is 31.7 Å². The normalized spacial score (nSPS) is 23.3. The number of primary amides is 1. The number of carbonyl (C=O) groups is 1. The monoisotopic (exact) mass is 368 g/mol. The first-order chi connectivity index (χ1) is 12.6. The fourth-order valence-corrected chi connectivity index (χ4v) is 3.60. The summed E-state index contributed by atoms with van der Waals surface area (Å²) in [6, 6.07) is 6.21. The molecule has 6 nitrogen and oxygen atoms in total. The van der Waals surface area contributed by atoms with Gasteiger partial charge in [0.15, 0.2) is 5.84 Å². The number of hydrogen-bond acceptors (Lipinski definition) is 5. The van der Waals surface area contributed by atoms with Gasteiger partial charge in [-0.3, -0.25) is 9.79 Å². The minimum Gasteiger partial charge on any atom is -0.394 e. The van der Waals surface area contributed by atoms with Crippen molar-refractivity contribution < 1.29 is 9.90 Å². The molecule has 0 saturated carbocycles. The van der Waals surface area contributed by atoms with Crippen LogP contribution in [0.15, 0.2) is 46.7 Å². The molecule has 3 rings (SSSR count). The Balaban J connectivity index is 1.99. The van der Waals surface area contributed by atoms with Gasteiger partial charge in [0.05, 0.1) is 29.0 Å². The third-order valence-electron chi connectivity index (χ3n) is 5.96. The molecule has 0 spiro atoms. The van der Waals surface area contributed by atoms with Crippen molar-refractivity contribution in [2.75, 3.05) is 6.61 Å². The van der Waals surface area contributed by atoms with Crippen molar-refractivity contribution in [3.63, 3.8) is 0 Å². The summed E-state index contributed by atoms with van der Waals surface area (Å²) < 4.78 is 0. The SMILES string of the molecule is Cc1cccc(C)c1CNC1=CC(C(N)=O)=CN2C1=NC(C)(C)C2(C)CO. The lowest BCUT2D eigenvalue weighted by Gasteiger charge is -2.42. The first-order valence-corrected chi connectivity index (χ1v) is 9.13. The molecule has 4 N–H and O–H groups in total. The summed E-state index contributed by atoms with van der Waals surface area (Å²) in [6.45, 7) is 10.6. The number of nitrogens with zero attached hydrogens (tertiary/aromatic N) is 2. The van der Waals surface area contributed by atoms with E-state index in [0.717, 1.165) is 5.70 Å². The number of amidine groups is 1. The number of aliphatic hydroxyl groups excluding tert-OH is 1. The van der Waals surface area contributed by atoms with E-state index < -0.39 is 17.0 Å². The third-order valence-corrected chi connectivity index (χ3v) is 5.96. The molecule has 1 aromatic rings. The predicted molar refractivity (Wildman–Crippen MR) is 107 cm³/mol. The van der Waals surface area contributed by atoms with Crippen molar-refractivity contribution in [1.29, 1.82) is 0 Å². The van der Waals surface area contributed by atoms with Crippen LogP contribution in [0.1, 0.15) is 37.5 Å². The van der Waals surface area contributed by atoms with Crippen LogP contribution < -0.4 is 11.1 Å². The van der Waals surface area contributed by atoms with Gasteiger partial charge in [0, 0.05) is 12.7 Å². The molecule has 0 aromatic heterocycles. The van der Waals surface area contributed by atoms with E-state index in [1.54, 1.807) is 12.3 Å². The molecule has 0 saturated heterocycles. The number of rotatable bonds is 5. The molecule has 6 heteroatoms. The number of carbonyl (C=O) groups excluding carboxylic acids is 1. The van der Waals surface area contributed by atoms with Crippen molar-refractivity contribution in [1.82, 2.24) is 10.2 Å². The van der Waals surface area contributed by atoms with Gasteiger partial charge in [-0.1, -0.05) is 18.2 Å². The minimum absolute atomic E-state index is 0.0975. The highest BCUT2D eigenvalue weighted by Crippen LogP contribution is 2.41. The Morgan fingerprint density at radius 1 is 1.26 bits per heavy atom. The molecular formula is C21H28N4O2. The predicted octanol–water partition coefficient (Wildman–Crippen LogP) is 1.90. The zero-order chi connectivity index (χ0) is 20.0. The second-order valence-electron chi connectivity index (χ2n) is 8.03. The molecule has 2 aliphatic rings. The molecule has 2 heterocycles. The highest BCUT2D eigenvalue weighted by Gasteiger charge is 2.53. The van der Waals surface area contributed by atoms with Crippen LogP contribution in [0.25, 0.3) is 0 Å². The molecule has 1 atom stereocenters. The summed E-state index contributed by atoms with van der Waals surface area (Å²) >= 11 is 0. The van der Waals surface area contributed by atoms with E-state index in [2.05, 4.69) is 31.3 Å². The molecule has 0 aliphatic carbocycles. The van der Waals surface area contributed by atoms with Crippen molar-refractivity contribution in [3.8, 4) is 0 Å². The van der Waals surface area contributed by atoms with Crippen LogP contribution in [0.5, 0.6) is 0 Å². The van der Waals surface area contributed by atoms with Crippen molar-refractivity contribution in [2.24, 2.45) is 10.7 Å². The Kier molecular flexibility index (Phi) is 4.64. The van der Waals surface area contributed by atoms with E-state index in [-0.39, 0.29) is 6.61 Å². The number of aliphatic hydroxyl groups is 1. The maximum atomic E-state index is 11.9. The van der Waals surface area contributed by atoms with Gasteiger partial charge in [-0.25, -0.2) is 0 Å². The highest BCUT2D eigenvalue weighted by atomic mass is 16.3. The smallest absolute Gasteiger partial charge is 0.250 e. The first-order valence-electron chi connectivity index (χ1n) is 9.13. The number of fused-ring (bicyclic) bond motifs is 1. The average Bonchev–Trinajstić information content (AvgIpc) is 2.81. The van der Waals surface area contributed by atoms with Gasteiger partial charge in [0.25, 0.3) is 0 Å². The molecule has 0 bridgehead atoms. The lowest BCUT2D eigenvalue weighted by Crippen LogP contribution is -2.57. The molecule has 27 heavy (non-hydrogen) atoms. The van der Waals surface area contributed by atoms with Gasteiger partial charge in [0.2, 0.25) is 5.91 Å². The van der Waals surface area contributed by atoms with Gasteiger partial charge in [0.1, 0.15) is 0 Å². The third kappa shape index (κ3) is 3.04.